The Labute approximate surface area is 98.6 Å². The van der Waals surface area contributed by atoms with Crippen LogP contribution in [0.25, 0.3) is 0 Å². The highest BCUT2D eigenvalue weighted by Gasteiger charge is 2.53. The summed E-state index contributed by atoms with van der Waals surface area (Å²) in [5.74, 6) is -0.550. The van der Waals surface area contributed by atoms with E-state index in [1.54, 1.807) is 0 Å². The van der Waals surface area contributed by atoms with Gasteiger partial charge in [-0.1, -0.05) is 0 Å². The Bertz CT molecular complexity index is 434. The van der Waals surface area contributed by atoms with Crippen LogP contribution in [0.5, 0.6) is 0 Å². The Morgan fingerprint density at radius 1 is 1.41 bits per heavy atom. The Hall–Kier alpha value is -1.65. The smallest absolute Gasteiger partial charge is 0.319 e. The first kappa shape index (κ1) is 10.5. The van der Waals surface area contributed by atoms with Gasteiger partial charge in [-0.3, -0.25) is 0 Å². The average molecular weight is 235 g/mol. The van der Waals surface area contributed by atoms with Crippen molar-refractivity contribution in [1.29, 1.82) is 0 Å². The van der Waals surface area contributed by atoms with Crippen LogP contribution in [0.3, 0.4) is 0 Å². The fourth-order valence-electron chi connectivity index (χ4n) is 2.48. The van der Waals surface area contributed by atoms with Crippen molar-refractivity contribution in [2.24, 2.45) is 5.41 Å². The molecule has 5 heteroatoms. The number of amides is 2. The van der Waals surface area contributed by atoms with Crippen molar-refractivity contribution >= 4 is 11.7 Å². The Morgan fingerprint density at radius 2 is 2.18 bits per heavy atom. The van der Waals surface area contributed by atoms with Gasteiger partial charge in [-0.2, -0.15) is 4.39 Å². The Balaban J connectivity index is 1.48. The molecule has 0 atom stereocenters. The van der Waals surface area contributed by atoms with E-state index in [2.05, 4.69) is 15.6 Å². The summed E-state index contributed by atoms with van der Waals surface area (Å²) in [5.41, 5.74) is 1.08. The summed E-state index contributed by atoms with van der Waals surface area (Å²) in [6.07, 6.45) is 6.13. The van der Waals surface area contributed by atoms with Gasteiger partial charge in [-0.15, -0.1) is 0 Å². The molecule has 1 heterocycles. The van der Waals surface area contributed by atoms with Crippen LogP contribution < -0.4 is 10.6 Å². The van der Waals surface area contributed by atoms with Gasteiger partial charge in [0.1, 0.15) is 0 Å². The lowest BCUT2D eigenvalue weighted by Crippen LogP contribution is -2.46. The van der Waals surface area contributed by atoms with Gasteiger partial charge in [0.05, 0.1) is 11.9 Å². The molecule has 3 rings (SSSR count). The molecular formula is C12H14FN3O. The lowest BCUT2D eigenvalue weighted by Gasteiger charge is -2.36. The van der Waals surface area contributed by atoms with Gasteiger partial charge in [0.15, 0.2) is 0 Å². The lowest BCUT2D eigenvalue weighted by atomic mass is 9.77. The molecule has 1 aromatic heterocycles. The topological polar surface area (TPSA) is 54.0 Å². The van der Waals surface area contributed by atoms with Gasteiger partial charge in [0.25, 0.3) is 0 Å². The normalized spacial score (nSPS) is 20.8. The number of anilines is 1. The quantitative estimate of drug-likeness (QED) is 0.773. The van der Waals surface area contributed by atoms with Crippen LogP contribution in [-0.2, 0) is 0 Å². The van der Waals surface area contributed by atoms with E-state index in [0.29, 0.717) is 17.1 Å². The molecule has 0 aromatic carbocycles. The zero-order chi connectivity index (χ0) is 11.9. The number of rotatable bonds is 2. The molecule has 2 amide bonds. The van der Waals surface area contributed by atoms with E-state index in [-0.39, 0.29) is 6.03 Å². The average Bonchev–Trinajstić information content (AvgIpc) is 3.01. The number of halogens is 1. The largest absolute Gasteiger partial charge is 0.335 e. The molecule has 2 fully saturated rings. The maximum atomic E-state index is 12.6. The molecule has 90 valence electrons. The number of nitrogens with zero attached hydrogens (tertiary/aromatic N) is 1. The van der Waals surface area contributed by atoms with Gasteiger partial charge >= 0.3 is 6.03 Å². The predicted molar refractivity (Wildman–Crippen MR) is 61.0 cm³/mol. The van der Waals surface area contributed by atoms with E-state index in [1.165, 1.54) is 31.2 Å². The standard InChI is InChI=1S/C12H14FN3O/c13-10-2-1-8(7-14-10)15-11(17)16-9-5-12(6-9)3-4-12/h1-2,7,9H,3-6H2,(H2,15,16,17). The van der Waals surface area contributed by atoms with E-state index in [0.717, 1.165) is 12.8 Å². The van der Waals surface area contributed by atoms with Gasteiger partial charge in [-0.05, 0) is 43.2 Å². The third kappa shape index (κ3) is 2.23. The molecule has 2 saturated carbocycles. The van der Waals surface area contributed by atoms with Crippen molar-refractivity contribution in [3.8, 4) is 0 Å². The highest BCUT2D eigenvalue weighted by Crippen LogP contribution is 2.60. The second-order valence-corrected chi connectivity index (χ2v) is 5.07. The van der Waals surface area contributed by atoms with Crippen molar-refractivity contribution in [3.05, 3.63) is 24.3 Å². The van der Waals surface area contributed by atoms with E-state index >= 15 is 0 Å². The van der Waals surface area contributed by atoms with Crippen LogP contribution in [0.1, 0.15) is 25.7 Å². The molecule has 2 aliphatic rings. The number of pyridine rings is 1. The minimum absolute atomic E-state index is 0.237. The number of urea groups is 1. The highest BCUT2D eigenvalue weighted by molar-refractivity contribution is 5.89. The maximum Gasteiger partial charge on any atom is 0.319 e. The molecule has 4 nitrogen and oxygen atoms in total. The third-order valence-corrected chi connectivity index (χ3v) is 3.64. The monoisotopic (exact) mass is 235 g/mol. The zero-order valence-corrected chi connectivity index (χ0v) is 9.37. The molecule has 0 bridgehead atoms. The number of nitrogens with one attached hydrogen (secondary N) is 2. The van der Waals surface area contributed by atoms with Crippen molar-refractivity contribution in [3.63, 3.8) is 0 Å². The van der Waals surface area contributed by atoms with Crippen LogP contribution in [0, 0.1) is 11.4 Å². The van der Waals surface area contributed by atoms with Crippen molar-refractivity contribution in [1.82, 2.24) is 10.3 Å². The van der Waals surface area contributed by atoms with Crippen LogP contribution in [0.2, 0.25) is 0 Å². The number of hydrogen-bond donors (Lipinski definition) is 2. The SMILES string of the molecule is O=C(Nc1ccc(F)nc1)NC1CC2(CC2)C1. The summed E-state index contributed by atoms with van der Waals surface area (Å²) in [5, 5.41) is 5.54. The predicted octanol–water partition coefficient (Wildman–Crippen LogP) is 2.28. The number of aromatic nitrogens is 1. The molecule has 2 aliphatic carbocycles. The van der Waals surface area contributed by atoms with E-state index < -0.39 is 5.95 Å². The summed E-state index contributed by atoms with van der Waals surface area (Å²) in [6, 6.07) is 2.77. The summed E-state index contributed by atoms with van der Waals surface area (Å²) < 4.78 is 12.6. The molecule has 0 saturated heterocycles. The van der Waals surface area contributed by atoms with Crippen molar-refractivity contribution in [2.75, 3.05) is 5.32 Å². The van der Waals surface area contributed by atoms with Crippen molar-refractivity contribution in [2.45, 2.75) is 31.7 Å². The second kappa shape index (κ2) is 3.68. The van der Waals surface area contributed by atoms with Crippen molar-refractivity contribution < 1.29 is 9.18 Å². The first-order chi connectivity index (χ1) is 8.15. The van der Waals surface area contributed by atoms with E-state index in [9.17, 15) is 9.18 Å². The number of carbonyl (C=O) groups is 1. The number of hydrogen-bond acceptors (Lipinski definition) is 2. The molecule has 0 aliphatic heterocycles. The van der Waals surface area contributed by atoms with E-state index in [1.807, 2.05) is 0 Å². The van der Waals surface area contributed by atoms with Crippen LogP contribution in [0.15, 0.2) is 18.3 Å². The molecule has 17 heavy (non-hydrogen) atoms. The molecule has 1 spiro atoms. The second-order valence-electron chi connectivity index (χ2n) is 5.07. The maximum absolute atomic E-state index is 12.6. The summed E-state index contributed by atoms with van der Waals surface area (Å²) in [4.78, 5) is 15.1. The minimum Gasteiger partial charge on any atom is -0.335 e. The van der Waals surface area contributed by atoms with Crippen LogP contribution in [0.4, 0.5) is 14.9 Å². The zero-order valence-electron chi connectivity index (χ0n) is 9.37. The Kier molecular flexibility index (Phi) is 2.28. The van der Waals surface area contributed by atoms with Gasteiger partial charge < -0.3 is 10.6 Å². The molecule has 1 aromatic rings. The molecule has 0 unspecified atom stereocenters. The molecular weight excluding hydrogens is 221 g/mol. The first-order valence-electron chi connectivity index (χ1n) is 5.84. The van der Waals surface area contributed by atoms with Crippen LogP contribution in [-0.4, -0.2) is 17.1 Å². The lowest BCUT2D eigenvalue weighted by molar-refractivity contribution is 0.195. The van der Waals surface area contributed by atoms with Gasteiger partial charge in [0, 0.05) is 6.04 Å². The summed E-state index contributed by atoms with van der Waals surface area (Å²) >= 11 is 0. The Morgan fingerprint density at radius 3 is 2.76 bits per heavy atom. The molecule has 2 N–H and O–H groups in total. The number of carbonyl (C=O) groups excluding carboxylic acids is 1. The highest BCUT2D eigenvalue weighted by atomic mass is 19.1. The summed E-state index contributed by atoms with van der Waals surface area (Å²) in [6.45, 7) is 0. The molecule has 0 radical (unpaired) electrons. The fourth-order valence-corrected chi connectivity index (χ4v) is 2.48. The minimum atomic E-state index is -0.550. The van der Waals surface area contributed by atoms with Crippen LogP contribution >= 0.6 is 0 Å². The fraction of sp³-hybridized carbons (Fsp3) is 0.500. The van der Waals surface area contributed by atoms with E-state index in [4.69, 9.17) is 0 Å². The third-order valence-electron chi connectivity index (χ3n) is 3.64. The summed E-state index contributed by atoms with van der Waals surface area (Å²) in [7, 11) is 0. The first-order valence-corrected chi connectivity index (χ1v) is 5.84. The van der Waals surface area contributed by atoms with Gasteiger partial charge in [-0.25, -0.2) is 9.78 Å². The van der Waals surface area contributed by atoms with Gasteiger partial charge in [0.2, 0.25) is 5.95 Å².